The molecule has 0 saturated heterocycles. The summed E-state index contributed by atoms with van der Waals surface area (Å²) in [5.74, 6) is 1.62. The fraction of sp³-hybridized carbons (Fsp3) is 0.143. The van der Waals surface area contributed by atoms with E-state index in [1.54, 1.807) is 0 Å². The molecule has 0 amide bonds. The van der Waals surface area contributed by atoms with Gasteiger partial charge in [0.05, 0.1) is 0 Å². The monoisotopic (exact) mass is 312 g/mol. The summed E-state index contributed by atoms with van der Waals surface area (Å²) in [6, 6.07) is 16.0. The zero-order valence-corrected chi connectivity index (χ0v) is 13.4. The summed E-state index contributed by atoms with van der Waals surface area (Å²) in [5.41, 5.74) is 2.52. The Labute approximate surface area is 131 Å². The molecule has 0 unspecified atom stereocenters. The van der Waals surface area contributed by atoms with Gasteiger partial charge in [-0.15, -0.1) is 25.3 Å². The van der Waals surface area contributed by atoms with Gasteiger partial charge in [-0.25, -0.2) is 0 Å². The number of thiol groups is 4. The summed E-state index contributed by atoms with van der Waals surface area (Å²) < 4.78 is 0. The third-order valence-electron chi connectivity index (χ3n) is 2.24. The standard InChI is InChI=1S/C8H10S2.C6H6S2/c9-5-7-1-2-8(6-10)4-3-7;7-5-1-2-6(8)4-3-5/h1-4,9-10H,5-6H2;1-4,7-8H. The minimum atomic E-state index is 0.812. The van der Waals surface area contributed by atoms with E-state index in [-0.39, 0.29) is 0 Å². The Morgan fingerprint density at radius 3 is 1.06 bits per heavy atom. The van der Waals surface area contributed by atoms with Gasteiger partial charge in [0.25, 0.3) is 0 Å². The molecular formula is C14H16S4. The highest BCUT2D eigenvalue weighted by molar-refractivity contribution is 7.80. The van der Waals surface area contributed by atoms with Crippen molar-refractivity contribution in [2.45, 2.75) is 21.3 Å². The predicted octanol–water partition coefficient (Wildman–Crippen LogP) is 4.81. The molecule has 0 aromatic heterocycles. The molecule has 18 heavy (non-hydrogen) atoms. The van der Waals surface area contributed by atoms with Gasteiger partial charge >= 0.3 is 0 Å². The van der Waals surface area contributed by atoms with Crippen molar-refractivity contribution in [3.05, 3.63) is 59.7 Å². The largest absolute Gasteiger partial charge is 0.175 e. The van der Waals surface area contributed by atoms with Crippen LogP contribution in [0, 0.1) is 0 Å². The first-order valence-electron chi connectivity index (χ1n) is 5.43. The van der Waals surface area contributed by atoms with Crippen LogP contribution < -0.4 is 0 Å². The molecule has 96 valence electrons. The van der Waals surface area contributed by atoms with Gasteiger partial charge in [0.2, 0.25) is 0 Å². The summed E-state index contributed by atoms with van der Waals surface area (Å²) in [6.45, 7) is 0. The smallest absolute Gasteiger partial charge is 0.0154 e. The van der Waals surface area contributed by atoms with E-state index in [2.05, 4.69) is 74.8 Å². The molecule has 2 aromatic carbocycles. The lowest BCUT2D eigenvalue weighted by Crippen LogP contribution is -1.79. The molecule has 0 fully saturated rings. The van der Waals surface area contributed by atoms with Gasteiger partial charge in [0.15, 0.2) is 0 Å². The normalized spacial score (nSPS) is 9.56. The molecule has 0 N–H and O–H groups in total. The lowest BCUT2D eigenvalue weighted by molar-refractivity contribution is 1.35. The molecule has 2 rings (SSSR count). The summed E-state index contributed by atoms with van der Waals surface area (Å²) in [7, 11) is 0. The quantitative estimate of drug-likeness (QED) is 0.562. The fourth-order valence-corrected chi connectivity index (χ4v) is 1.92. The maximum Gasteiger partial charge on any atom is 0.0154 e. The van der Waals surface area contributed by atoms with E-state index in [1.807, 2.05) is 24.3 Å². The molecule has 0 radical (unpaired) electrons. The second kappa shape index (κ2) is 8.86. The Morgan fingerprint density at radius 2 is 0.833 bits per heavy atom. The van der Waals surface area contributed by atoms with Crippen molar-refractivity contribution in [3.63, 3.8) is 0 Å². The summed E-state index contributed by atoms with van der Waals surface area (Å²) >= 11 is 16.5. The first kappa shape index (κ1) is 15.9. The molecule has 0 aliphatic carbocycles. The zero-order chi connectivity index (χ0) is 13.4. The molecule has 0 nitrogen and oxygen atoms in total. The van der Waals surface area contributed by atoms with Crippen molar-refractivity contribution >= 4 is 50.5 Å². The third-order valence-corrected chi connectivity index (χ3v) is 3.56. The molecule has 0 aliphatic heterocycles. The zero-order valence-electron chi connectivity index (χ0n) is 9.82. The van der Waals surface area contributed by atoms with Crippen molar-refractivity contribution in [1.82, 2.24) is 0 Å². The van der Waals surface area contributed by atoms with Gasteiger partial charge < -0.3 is 0 Å². The van der Waals surface area contributed by atoms with Crippen molar-refractivity contribution in [1.29, 1.82) is 0 Å². The second-order valence-electron chi connectivity index (χ2n) is 3.65. The maximum atomic E-state index is 4.15. The lowest BCUT2D eigenvalue weighted by Gasteiger charge is -1.96. The fourth-order valence-electron chi connectivity index (χ4n) is 1.20. The molecule has 0 saturated carbocycles. The van der Waals surface area contributed by atoms with Crippen molar-refractivity contribution in [2.75, 3.05) is 0 Å². The van der Waals surface area contributed by atoms with E-state index in [0.29, 0.717) is 0 Å². The molecule has 0 spiro atoms. The van der Waals surface area contributed by atoms with E-state index in [1.165, 1.54) is 11.1 Å². The number of benzene rings is 2. The first-order chi connectivity index (χ1) is 8.65. The van der Waals surface area contributed by atoms with Gasteiger partial charge in [-0.05, 0) is 35.4 Å². The highest BCUT2D eigenvalue weighted by Crippen LogP contribution is 2.09. The molecule has 0 aliphatic rings. The maximum absolute atomic E-state index is 4.15. The van der Waals surface area contributed by atoms with Crippen LogP contribution in [-0.4, -0.2) is 0 Å². The van der Waals surface area contributed by atoms with E-state index < -0.39 is 0 Å². The molecule has 0 bridgehead atoms. The topological polar surface area (TPSA) is 0 Å². The number of rotatable bonds is 2. The van der Waals surface area contributed by atoms with Crippen LogP contribution in [-0.2, 0) is 11.5 Å². The minimum absolute atomic E-state index is 0.812. The highest BCUT2D eigenvalue weighted by atomic mass is 32.1. The Balaban J connectivity index is 0.000000184. The molecule has 4 heteroatoms. The van der Waals surface area contributed by atoms with Crippen molar-refractivity contribution in [2.24, 2.45) is 0 Å². The van der Waals surface area contributed by atoms with Crippen LogP contribution in [0.5, 0.6) is 0 Å². The number of hydrogen-bond donors (Lipinski definition) is 4. The highest BCUT2D eigenvalue weighted by Gasteiger charge is 1.89. The van der Waals surface area contributed by atoms with Crippen LogP contribution in [0.2, 0.25) is 0 Å². The van der Waals surface area contributed by atoms with Crippen LogP contribution in [0.15, 0.2) is 58.3 Å². The first-order valence-corrected chi connectivity index (χ1v) is 7.59. The SMILES string of the molecule is SCc1ccc(CS)cc1.Sc1ccc(S)cc1. The van der Waals surface area contributed by atoms with Crippen LogP contribution in [0.4, 0.5) is 0 Å². The lowest BCUT2D eigenvalue weighted by atomic mass is 10.2. The van der Waals surface area contributed by atoms with Crippen LogP contribution in [0.1, 0.15) is 11.1 Å². The molecule has 2 aromatic rings. The molecule has 0 atom stereocenters. The Bertz CT molecular complexity index is 404. The second-order valence-corrected chi connectivity index (χ2v) is 5.31. The predicted molar refractivity (Wildman–Crippen MR) is 92.8 cm³/mol. The Kier molecular flexibility index (Phi) is 7.82. The molecular weight excluding hydrogens is 296 g/mol. The van der Waals surface area contributed by atoms with Gasteiger partial charge in [0.1, 0.15) is 0 Å². The Hall–Kier alpha value is -0.160. The van der Waals surface area contributed by atoms with Crippen LogP contribution in [0.3, 0.4) is 0 Å². The van der Waals surface area contributed by atoms with Gasteiger partial charge in [-0.2, -0.15) is 25.3 Å². The summed E-state index contributed by atoms with van der Waals surface area (Å²) in [5, 5.41) is 0. The van der Waals surface area contributed by atoms with E-state index >= 15 is 0 Å². The van der Waals surface area contributed by atoms with Gasteiger partial charge in [0, 0.05) is 21.3 Å². The van der Waals surface area contributed by atoms with Crippen molar-refractivity contribution in [3.8, 4) is 0 Å². The average molecular weight is 313 g/mol. The van der Waals surface area contributed by atoms with Gasteiger partial charge in [-0.3, -0.25) is 0 Å². The molecule has 0 heterocycles. The summed E-state index contributed by atoms with van der Waals surface area (Å²) in [6.07, 6.45) is 0. The van der Waals surface area contributed by atoms with Crippen LogP contribution in [0.25, 0.3) is 0 Å². The Morgan fingerprint density at radius 1 is 0.556 bits per heavy atom. The minimum Gasteiger partial charge on any atom is -0.175 e. The van der Waals surface area contributed by atoms with Crippen molar-refractivity contribution < 1.29 is 0 Å². The van der Waals surface area contributed by atoms with E-state index in [0.717, 1.165) is 21.3 Å². The van der Waals surface area contributed by atoms with Gasteiger partial charge in [-0.1, -0.05) is 24.3 Å². The van der Waals surface area contributed by atoms with E-state index in [9.17, 15) is 0 Å². The number of hydrogen-bond acceptors (Lipinski definition) is 4. The van der Waals surface area contributed by atoms with E-state index in [4.69, 9.17) is 0 Å². The van der Waals surface area contributed by atoms with Crippen LogP contribution >= 0.6 is 50.5 Å². The summed E-state index contributed by atoms with van der Waals surface area (Å²) in [4.78, 5) is 1.95. The average Bonchev–Trinajstić information content (AvgIpc) is 2.43. The third kappa shape index (κ3) is 6.14.